The maximum Gasteiger partial charge on any atom is 0.417 e. The van der Waals surface area contributed by atoms with Gasteiger partial charge < -0.3 is 26.4 Å². The number of nitrogens with one attached hydrogen (secondary N) is 6. The van der Waals surface area contributed by atoms with Crippen molar-refractivity contribution in [2.24, 2.45) is 9.98 Å². The summed E-state index contributed by atoms with van der Waals surface area (Å²) in [4.78, 5) is 84.5. The molecule has 0 aliphatic heterocycles. The van der Waals surface area contributed by atoms with Gasteiger partial charge in [-0.25, -0.2) is 55.9 Å². The van der Waals surface area contributed by atoms with Crippen LogP contribution in [0, 0.1) is 0 Å². The van der Waals surface area contributed by atoms with Crippen LogP contribution in [0.5, 0.6) is 0 Å². The quantitative estimate of drug-likeness (QED) is 0.0173. The first kappa shape index (κ1) is 61.7. The van der Waals surface area contributed by atoms with Crippen molar-refractivity contribution in [2.75, 3.05) is 0 Å². The van der Waals surface area contributed by atoms with Crippen molar-refractivity contribution in [2.45, 2.75) is 114 Å². The zero-order chi connectivity index (χ0) is 57.3. The summed E-state index contributed by atoms with van der Waals surface area (Å²) in [6.45, 7) is 4.07. The van der Waals surface area contributed by atoms with Gasteiger partial charge in [-0.1, -0.05) is 124 Å². The third kappa shape index (κ3) is 21.3. The second kappa shape index (κ2) is 31.3. The van der Waals surface area contributed by atoms with Crippen molar-refractivity contribution in [3.05, 3.63) is 165 Å². The van der Waals surface area contributed by atoms with E-state index in [1.807, 2.05) is 13.8 Å². The Balaban J connectivity index is 0.999. The molecule has 424 valence electrons. The minimum atomic E-state index is -3.97. The number of hydrogen-bond acceptors (Lipinski definition) is 15. The number of rotatable bonds is 32. The fourth-order valence-electron chi connectivity index (χ4n) is 7.88. The van der Waals surface area contributed by atoms with Gasteiger partial charge in [0, 0.05) is 36.7 Å². The van der Waals surface area contributed by atoms with Crippen molar-refractivity contribution in [1.29, 1.82) is 0 Å². The molecule has 0 aliphatic carbocycles. The van der Waals surface area contributed by atoms with Crippen molar-refractivity contribution in [3.8, 4) is 0 Å². The van der Waals surface area contributed by atoms with Crippen LogP contribution < -0.4 is 30.7 Å². The lowest BCUT2D eigenvalue weighted by Gasteiger charge is -2.23. The summed E-state index contributed by atoms with van der Waals surface area (Å²) in [7, 11) is -7.94. The van der Waals surface area contributed by atoms with Gasteiger partial charge in [-0.3, -0.25) is 19.2 Å². The van der Waals surface area contributed by atoms with Gasteiger partial charge in [0.05, 0.1) is 45.3 Å². The number of unbranched alkanes of at least 4 members (excludes halogenated alkanes) is 2. The fraction of sp³-hybridized carbons (Fsp3) is 0.327. The van der Waals surface area contributed by atoms with Crippen LogP contribution in [0.2, 0.25) is 0 Å². The zero-order valence-corrected chi connectivity index (χ0v) is 47.4. The molecule has 0 saturated carbocycles. The van der Waals surface area contributed by atoms with E-state index in [1.54, 1.807) is 131 Å². The van der Waals surface area contributed by atoms with Crippen LogP contribution in [0.15, 0.2) is 141 Å². The Morgan fingerprint density at radius 3 is 1.27 bits per heavy atom. The predicted octanol–water partition coefficient (Wildman–Crippen LogP) is 6.64. The van der Waals surface area contributed by atoms with Gasteiger partial charge in [-0.15, -0.1) is 22.7 Å². The fourth-order valence-corrected chi connectivity index (χ4v) is 11.7. The second-order valence-electron chi connectivity index (χ2n) is 18.6. The number of aromatic nitrogens is 2. The first-order chi connectivity index (χ1) is 38.5. The lowest BCUT2D eigenvalue weighted by Crippen LogP contribution is -2.54. The highest BCUT2D eigenvalue weighted by molar-refractivity contribution is 7.89. The zero-order valence-electron chi connectivity index (χ0n) is 44.1. The average Bonchev–Trinajstić information content (AvgIpc) is 4.18. The molecule has 0 aliphatic rings. The van der Waals surface area contributed by atoms with Crippen LogP contribution in [-0.2, 0) is 76.7 Å². The number of aliphatic imine (C=N–C) groups is 2. The van der Waals surface area contributed by atoms with Crippen LogP contribution >= 0.6 is 22.7 Å². The third-order valence-electron chi connectivity index (χ3n) is 12.1. The summed E-state index contributed by atoms with van der Waals surface area (Å²) >= 11 is 2.63. The molecule has 0 spiro atoms. The Morgan fingerprint density at radius 1 is 0.550 bits per heavy atom. The van der Waals surface area contributed by atoms with Gasteiger partial charge >= 0.3 is 6.09 Å². The summed E-state index contributed by atoms with van der Waals surface area (Å²) in [6, 6.07) is 26.1. The van der Waals surface area contributed by atoms with Crippen molar-refractivity contribution in [3.63, 3.8) is 0 Å². The van der Waals surface area contributed by atoms with Gasteiger partial charge in [0.25, 0.3) is 0 Å². The first-order valence-corrected chi connectivity index (χ1v) is 30.9. The molecule has 0 saturated heterocycles. The van der Waals surface area contributed by atoms with E-state index < -0.39 is 73.9 Å². The van der Waals surface area contributed by atoms with Crippen LogP contribution in [0.3, 0.4) is 0 Å². The van der Waals surface area contributed by atoms with Gasteiger partial charge in [0.1, 0.15) is 36.8 Å². The van der Waals surface area contributed by atoms with Gasteiger partial charge in [0.2, 0.25) is 43.7 Å². The molecule has 0 radical (unpaired) electrons. The maximum atomic E-state index is 13.7. The summed E-state index contributed by atoms with van der Waals surface area (Å²) in [5.41, 5.74) is 7.49. The number of carbonyl (C=O) groups excluding carboxylic acids is 4. The summed E-state index contributed by atoms with van der Waals surface area (Å²) < 4.78 is 57.9. The molecular formula is C55H65N11O10S4. The molecule has 21 nitrogen and oxygen atoms in total. The van der Waals surface area contributed by atoms with Crippen LogP contribution in [0.25, 0.3) is 0 Å². The number of carboxylic acid groups (broad SMARTS) is 1. The molecule has 0 unspecified atom stereocenters. The molecule has 80 heavy (non-hydrogen) atoms. The van der Waals surface area contributed by atoms with Gasteiger partial charge in [-0.2, -0.15) is 0 Å². The van der Waals surface area contributed by atoms with E-state index in [1.165, 1.54) is 22.7 Å². The van der Waals surface area contributed by atoms with Crippen LogP contribution in [0.1, 0.15) is 86.0 Å². The SMILES string of the molecule is CCCC[C@H](NC(=O)[C@@H](Cc1cscn1)NS(=O)(=O)Cc1ccccc1)C(=O)NCc1ccc(N=CN(C=Nc2ccc(CNC(=O)[C@H](CCCC)NC(=O)[C@@H](Cc3cscn3)NS(=O)(=O)Cc3ccccc3)cc2)C(=O)O)cc1. The highest BCUT2D eigenvalue weighted by Crippen LogP contribution is 2.17. The Morgan fingerprint density at radius 2 is 0.938 bits per heavy atom. The molecule has 2 aromatic heterocycles. The van der Waals surface area contributed by atoms with E-state index in [4.69, 9.17) is 0 Å². The number of carbonyl (C=O) groups is 5. The van der Waals surface area contributed by atoms with Gasteiger partial charge in [-0.05, 0) is 59.4 Å². The highest BCUT2D eigenvalue weighted by atomic mass is 32.2. The molecule has 4 aromatic carbocycles. The summed E-state index contributed by atoms with van der Waals surface area (Å²) in [6.07, 6.45) is 4.10. The smallest absolute Gasteiger partial charge is 0.417 e. The van der Waals surface area contributed by atoms with E-state index in [0.29, 0.717) is 70.7 Å². The number of hydrogen-bond donors (Lipinski definition) is 7. The van der Waals surface area contributed by atoms with Crippen LogP contribution in [0.4, 0.5) is 16.2 Å². The molecule has 6 aromatic rings. The molecule has 0 fully saturated rings. The standard InChI is InChI=1S/C55H65N11O10S4/c1-3-5-17-47(62-53(69)49(27-45-31-77-37-60-45)64-79(73,74)33-41-13-9-7-10-14-41)51(67)56-29-39-19-23-43(24-20-39)58-35-66(55(71)72)36-59-44-25-21-40(22-26-44)30-57-52(68)48(18-6-4-2)63-54(70)50(28-46-32-78-38-61-46)65-80(75,76)34-42-15-11-8-12-16-42/h7-16,19-26,31-32,35-38,47-50,64-65H,3-6,17-18,27-30,33-34H2,1-2H3,(H,56,67)(H,57,68)(H,62,69)(H,63,70)(H,71,72)/t47-,48-,49+,50+/m0/s1. The molecule has 25 heteroatoms. The Labute approximate surface area is 474 Å². The summed E-state index contributed by atoms with van der Waals surface area (Å²) in [5.74, 6) is -2.92. The van der Waals surface area contributed by atoms with Crippen molar-refractivity contribution in [1.82, 2.24) is 45.6 Å². The number of thiazole rings is 2. The Bertz CT molecular complexity index is 3000. The van der Waals surface area contributed by atoms with Crippen LogP contribution in [-0.4, -0.2) is 103 Å². The van der Waals surface area contributed by atoms with E-state index in [-0.39, 0.29) is 37.4 Å². The van der Waals surface area contributed by atoms with E-state index in [9.17, 15) is 45.9 Å². The molecule has 0 bridgehead atoms. The first-order valence-electron chi connectivity index (χ1n) is 25.7. The molecule has 7 N–H and O–H groups in total. The average molecular weight is 1170 g/mol. The maximum absolute atomic E-state index is 13.7. The molecular weight excluding hydrogens is 1100 g/mol. The lowest BCUT2D eigenvalue weighted by atomic mass is 10.1. The minimum absolute atomic E-state index is 0.0183. The second-order valence-corrected chi connectivity index (χ2v) is 23.5. The van der Waals surface area contributed by atoms with E-state index in [0.717, 1.165) is 30.4 Å². The third-order valence-corrected chi connectivity index (χ3v) is 16.1. The van der Waals surface area contributed by atoms with E-state index >= 15 is 0 Å². The molecule has 6 rings (SSSR count). The summed E-state index contributed by atoms with van der Waals surface area (Å²) in [5, 5.41) is 24.6. The predicted molar refractivity (Wildman–Crippen MR) is 309 cm³/mol. The molecule has 5 amide bonds. The monoisotopic (exact) mass is 1170 g/mol. The molecule has 2 heterocycles. The van der Waals surface area contributed by atoms with Crippen molar-refractivity contribution < 1.29 is 45.9 Å². The topological polar surface area (TPSA) is 300 Å². The number of sulfonamides is 2. The number of benzene rings is 4. The highest BCUT2D eigenvalue weighted by Gasteiger charge is 2.31. The Hall–Kier alpha value is -7.55. The molecule has 4 atom stereocenters. The Kier molecular flexibility index (Phi) is 24.1. The largest absolute Gasteiger partial charge is 0.464 e. The normalized spacial score (nSPS) is 13.3. The number of nitrogens with zero attached hydrogens (tertiary/aromatic N) is 5. The van der Waals surface area contributed by atoms with Crippen molar-refractivity contribution >= 4 is 96.5 Å². The number of amides is 5. The lowest BCUT2D eigenvalue weighted by molar-refractivity contribution is -0.130. The minimum Gasteiger partial charge on any atom is -0.464 e. The van der Waals surface area contributed by atoms with E-state index in [2.05, 4.69) is 50.7 Å². The van der Waals surface area contributed by atoms with Gasteiger partial charge in [0.15, 0.2) is 0 Å².